The van der Waals surface area contributed by atoms with Crippen molar-refractivity contribution < 1.29 is 131 Å². The molecule has 0 bridgehead atoms. The first-order chi connectivity index (χ1) is 40.7. The molecule has 0 radical (unpaired) electrons. The molecule has 0 spiro atoms. The number of unbranched alkanes of at least 4 members (excludes halogenated alkanes) is 9. The predicted molar refractivity (Wildman–Crippen MR) is 320 cm³/mol. The molecule has 0 saturated heterocycles. The quantitative estimate of drug-likeness (QED) is 0.0212. The summed E-state index contributed by atoms with van der Waals surface area (Å²) in [6, 6.07) is 52.2. The van der Waals surface area contributed by atoms with Crippen LogP contribution in [0.5, 0.6) is 0 Å². The monoisotopic (exact) mass is 1410 g/mol. The summed E-state index contributed by atoms with van der Waals surface area (Å²) in [6.07, 6.45) is 17.8. The van der Waals surface area contributed by atoms with Crippen molar-refractivity contribution in [3.63, 3.8) is 0 Å². The number of carbonyl (C=O) groups excluding carboxylic acids is 6. The molecule has 6 aromatic rings. The van der Waals surface area contributed by atoms with E-state index >= 15 is 0 Å². The van der Waals surface area contributed by atoms with Crippen LogP contribution in [0.1, 0.15) is 149 Å². The van der Waals surface area contributed by atoms with Gasteiger partial charge in [-0.2, -0.15) is 0 Å². The van der Waals surface area contributed by atoms with Crippen molar-refractivity contribution in [1.29, 1.82) is 0 Å². The van der Waals surface area contributed by atoms with E-state index in [9.17, 15) is 59.4 Å². The summed E-state index contributed by atoms with van der Waals surface area (Å²) in [4.78, 5) is 71.1. The van der Waals surface area contributed by atoms with Gasteiger partial charge in [-0.1, -0.05) is 255 Å². The molecule has 0 N–H and O–H groups in total. The molecule has 0 heterocycles. The molecule has 0 fully saturated rings. The van der Waals surface area contributed by atoms with Crippen LogP contribution >= 0.6 is 0 Å². The molecule has 14 heteroatoms. The number of rotatable bonds is 33. The molecule has 0 aromatic heterocycles. The molecule has 0 atom stereocenters. The molecule has 0 amide bonds. The first-order valence-electron chi connectivity index (χ1n) is 28.5. The average Bonchev–Trinajstić information content (AvgIpc) is 3.65. The fourth-order valence-electron chi connectivity index (χ4n) is 8.28. The van der Waals surface area contributed by atoms with Crippen LogP contribution in [-0.2, 0) is 28.8 Å². The SMILES string of the molecule is O=C(/C=C(\[O-])c1ccccc1)CCCCCCC(=O)/C=C(\[O-])c1ccccc1.O=C(/C=C(\[O-])c1ccccc1)CCCCCCC(=O)/C=C(\[O-])c1ccccc1.O=C(/C=C(\[O-])c1ccccc1)CCCCCCC(=O)/C=C(\[O-])c1ccccc1.[La+3].[La+3]. The Hall–Kier alpha value is -7.03. The van der Waals surface area contributed by atoms with Gasteiger partial charge in [0.15, 0.2) is 34.7 Å². The summed E-state index contributed by atoms with van der Waals surface area (Å²) < 4.78 is 0. The minimum atomic E-state index is -0.269. The Morgan fingerprint density at radius 3 is 0.442 bits per heavy atom. The number of carbonyl (C=O) groups is 6. The van der Waals surface area contributed by atoms with E-state index in [4.69, 9.17) is 0 Å². The van der Waals surface area contributed by atoms with Crippen LogP contribution in [-0.4, -0.2) is 34.7 Å². The maximum absolute atomic E-state index is 11.9. The third-order valence-electron chi connectivity index (χ3n) is 12.9. The smallest absolute Gasteiger partial charge is 0.872 e. The van der Waals surface area contributed by atoms with Crippen LogP contribution in [0, 0.1) is 71.2 Å². The zero-order valence-corrected chi connectivity index (χ0v) is 55.8. The van der Waals surface area contributed by atoms with E-state index in [1.54, 1.807) is 146 Å². The van der Waals surface area contributed by atoms with Gasteiger partial charge in [-0.15, -0.1) is 0 Å². The van der Waals surface area contributed by atoms with Crippen LogP contribution in [0.25, 0.3) is 34.6 Å². The summed E-state index contributed by atoms with van der Waals surface area (Å²) in [5.41, 5.74) is 3.06. The van der Waals surface area contributed by atoms with Crippen molar-refractivity contribution in [1.82, 2.24) is 0 Å². The largest absolute Gasteiger partial charge is 3.00 e. The molecule has 0 saturated carbocycles. The molecule has 0 aliphatic carbocycles. The third kappa shape index (κ3) is 33.0. The summed E-state index contributed by atoms with van der Waals surface area (Å²) in [5.74, 6) is -2.66. The van der Waals surface area contributed by atoms with Crippen molar-refractivity contribution in [2.75, 3.05) is 0 Å². The van der Waals surface area contributed by atoms with Gasteiger partial charge in [0.1, 0.15) is 0 Å². The zero-order chi connectivity index (χ0) is 60.6. The first kappa shape index (κ1) is 75.1. The van der Waals surface area contributed by atoms with E-state index in [0.717, 1.165) is 75.0 Å². The molecule has 6 rings (SSSR count). The maximum atomic E-state index is 11.9. The van der Waals surface area contributed by atoms with Crippen molar-refractivity contribution >= 4 is 69.3 Å². The van der Waals surface area contributed by atoms with E-state index in [0.29, 0.717) is 110 Å². The minimum absolute atomic E-state index is 0. The van der Waals surface area contributed by atoms with Gasteiger partial charge in [0, 0.05) is 38.5 Å². The predicted octanol–water partition coefficient (Wildman–Crippen LogP) is 9.80. The van der Waals surface area contributed by atoms with Crippen LogP contribution in [0.15, 0.2) is 218 Å². The molecule has 0 aliphatic rings. The van der Waals surface area contributed by atoms with Gasteiger partial charge in [-0.25, -0.2) is 0 Å². The Kier molecular flexibility index (Phi) is 39.5. The number of ketones is 6. The van der Waals surface area contributed by atoms with E-state index in [2.05, 4.69) is 0 Å². The van der Waals surface area contributed by atoms with Gasteiger partial charge in [-0.3, -0.25) is 28.8 Å². The zero-order valence-electron chi connectivity index (χ0n) is 48.6. The molecule has 86 heavy (non-hydrogen) atoms. The van der Waals surface area contributed by atoms with Gasteiger partial charge < -0.3 is 30.6 Å². The second kappa shape index (κ2) is 45.3. The Balaban J connectivity index is 0.000000435. The van der Waals surface area contributed by atoms with Crippen LogP contribution in [0.3, 0.4) is 0 Å². The van der Waals surface area contributed by atoms with E-state index in [1.807, 2.05) is 36.4 Å². The number of allylic oxidation sites excluding steroid dienone is 6. The van der Waals surface area contributed by atoms with Crippen LogP contribution in [0.2, 0.25) is 0 Å². The summed E-state index contributed by atoms with van der Waals surface area (Å²) in [6.45, 7) is 0. The molecular formula is C72H72La2O12. The van der Waals surface area contributed by atoms with Crippen molar-refractivity contribution in [3.05, 3.63) is 252 Å². The van der Waals surface area contributed by atoms with Gasteiger partial charge in [0.2, 0.25) is 0 Å². The molecular weight excluding hydrogens is 1330 g/mol. The number of benzene rings is 6. The minimum Gasteiger partial charge on any atom is -0.872 e. The summed E-state index contributed by atoms with van der Waals surface area (Å²) in [5, 5.41) is 71.5. The Morgan fingerprint density at radius 2 is 0.326 bits per heavy atom. The number of hydrogen-bond acceptors (Lipinski definition) is 12. The Labute approximate surface area is 562 Å². The summed E-state index contributed by atoms with van der Waals surface area (Å²) >= 11 is 0. The van der Waals surface area contributed by atoms with Crippen molar-refractivity contribution in [2.24, 2.45) is 0 Å². The molecule has 0 unspecified atom stereocenters. The van der Waals surface area contributed by atoms with E-state index in [-0.39, 0.29) is 140 Å². The second-order valence-electron chi connectivity index (χ2n) is 19.8. The van der Waals surface area contributed by atoms with Gasteiger partial charge in [0.25, 0.3) is 0 Å². The fourth-order valence-corrected chi connectivity index (χ4v) is 8.28. The van der Waals surface area contributed by atoms with Crippen molar-refractivity contribution in [2.45, 2.75) is 116 Å². The molecule has 0 aliphatic heterocycles. The van der Waals surface area contributed by atoms with E-state index < -0.39 is 0 Å². The van der Waals surface area contributed by atoms with Gasteiger partial charge in [0.05, 0.1) is 0 Å². The normalized spacial score (nSPS) is 11.7. The topological polar surface area (TPSA) is 241 Å². The standard InChI is InChI=1S/3C24H26O4.2La/c3*25-21(17-23(27)19-11-5-3-6-12-19)15-9-1-2-10-16-22(26)18-24(28)20-13-7-4-8-14-20;;/h3*3-8,11-14,17-18,27-28H,1-2,9-10,15-16H2;;/q;;;2*+3/p-6/b3*23-17-,24-18-;;. The second-order valence-corrected chi connectivity index (χ2v) is 19.8. The maximum Gasteiger partial charge on any atom is 3.00 e. The first-order valence-corrected chi connectivity index (χ1v) is 28.5. The van der Waals surface area contributed by atoms with Crippen molar-refractivity contribution in [3.8, 4) is 0 Å². The number of hydrogen-bond donors (Lipinski definition) is 0. The van der Waals surface area contributed by atoms with Crippen LogP contribution < -0.4 is 30.6 Å². The van der Waals surface area contributed by atoms with Crippen LogP contribution in [0.4, 0.5) is 0 Å². The Bertz CT molecular complexity index is 2600. The summed E-state index contributed by atoms with van der Waals surface area (Å²) in [7, 11) is 0. The van der Waals surface area contributed by atoms with Gasteiger partial charge in [-0.05, 0) is 108 Å². The third-order valence-corrected chi connectivity index (χ3v) is 12.9. The fraction of sp³-hybridized carbons (Fsp3) is 0.250. The molecule has 12 nitrogen and oxygen atoms in total. The molecule has 6 aromatic carbocycles. The van der Waals surface area contributed by atoms with E-state index in [1.165, 1.54) is 0 Å². The van der Waals surface area contributed by atoms with Gasteiger partial charge >= 0.3 is 71.2 Å². The average molecular weight is 1410 g/mol. The Morgan fingerprint density at radius 1 is 0.209 bits per heavy atom. The molecule has 438 valence electrons.